The van der Waals surface area contributed by atoms with E-state index in [1.165, 1.54) is 7.11 Å². The molecule has 0 spiro atoms. The van der Waals surface area contributed by atoms with E-state index in [-0.39, 0.29) is 18.0 Å². The Morgan fingerprint density at radius 2 is 2.08 bits per heavy atom. The molecule has 0 saturated carbocycles. The van der Waals surface area contributed by atoms with E-state index < -0.39 is 0 Å². The van der Waals surface area contributed by atoms with Gasteiger partial charge in [-0.05, 0) is 18.2 Å². The zero-order valence-corrected chi connectivity index (χ0v) is 14.9. The highest BCUT2D eigenvalue weighted by molar-refractivity contribution is 9.10. The fourth-order valence-electron chi connectivity index (χ4n) is 2.64. The van der Waals surface area contributed by atoms with Gasteiger partial charge in [-0.25, -0.2) is 4.98 Å². The predicted molar refractivity (Wildman–Crippen MR) is 92.3 cm³/mol. The van der Waals surface area contributed by atoms with E-state index in [2.05, 4.69) is 25.9 Å². The average Bonchev–Trinajstić information content (AvgIpc) is 2.62. The van der Waals surface area contributed by atoms with Crippen molar-refractivity contribution in [1.82, 2.24) is 14.9 Å². The maximum Gasteiger partial charge on any atom is 0.319 e. The van der Waals surface area contributed by atoms with Gasteiger partial charge in [-0.3, -0.25) is 4.79 Å². The van der Waals surface area contributed by atoms with Gasteiger partial charge in [-0.2, -0.15) is 4.98 Å². The normalized spacial score (nSPS) is 15.2. The van der Waals surface area contributed by atoms with Crippen LogP contribution in [0.5, 0.6) is 11.9 Å². The molecular weight excluding hydrogens is 374 g/mol. The second kappa shape index (κ2) is 7.61. The van der Waals surface area contributed by atoms with Crippen LogP contribution in [0, 0.1) is 0 Å². The summed E-state index contributed by atoms with van der Waals surface area (Å²) in [6, 6.07) is 9.46. The van der Waals surface area contributed by atoms with Gasteiger partial charge in [0.25, 0.3) is 5.91 Å². The number of likely N-dealkylation sites (tertiary alicyclic amines) is 1. The molecule has 2 heterocycles. The van der Waals surface area contributed by atoms with Gasteiger partial charge in [0.15, 0.2) is 0 Å². The summed E-state index contributed by atoms with van der Waals surface area (Å²) in [5, 5.41) is 0. The summed E-state index contributed by atoms with van der Waals surface area (Å²) in [5.41, 5.74) is 0.698. The Bertz CT molecular complexity index is 718. The number of ether oxygens (including phenoxy) is 2. The lowest BCUT2D eigenvalue weighted by atomic mass is 10.1. The Morgan fingerprint density at radius 3 is 2.79 bits per heavy atom. The molecule has 7 heteroatoms. The molecule has 24 heavy (non-hydrogen) atoms. The molecule has 0 radical (unpaired) electrons. The standard InChI is InChI=1S/C17H18BrN3O3/c1-23-17-19-8-5-15(20-17)24-14-6-9-21(10-7-14)16(22)12-3-2-4-13(18)11-12/h2-5,8,11,14H,6-7,9-10H2,1H3. The smallest absolute Gasteiger partial charge is 0.319 e. The van der Waals surface area contributed by atoms with Crippen LogP contribution in [0.2, 0.25) is 0 Å². The molecule has 1 fully saturated rings. The first-order valence-electron chi connectivity index (χ1n) is 7.74. The molecule has 0 N–H and O–H groups in total. The molecule has 0 atom stereocenters. The van der Waals surface area contributed by atoms with Crippen LogP contribution in [0.25, 0.3) is 0 Å². The summed E-state index contributed by atoms with van der Waals surface area (Å²) < 4.78 is 11.8. The van der Waals surface area contributed by atoms with Crippen molar-refractivity contribution in [1.29, 1.82) is 0 Å². The summed E-state index contributed by atoms with van der Waals surface area (Å²) in [6.45, 7) is 1.33. The molecule has 0 aliphatic carbocycles. The van der Waals surface area contributed by atoms with E-state index in [1.54, 1.807) is 12.3 Å². The number of halogens is 1. The van der Waals surface area contributed by atoms with E-state index >= 15 is 0 Å². The number of carbonyl (C=O) groups excluding carboxylic acids is 1. The number of carbonyl (C=O) groups is 1. The monoisotopic (exact) mass is 391 g/mol. The molecule has 1 aliphatic heterocycles. The van der Waals surface area contributed by atoms with Crippen LogP contribution in [0.4, 0.5) is 0 Å². The van der Waals surface area contributed by atoms with Gasteiger partial charge in [0.1, 0.15) is 6.10 Å². The number of hydrogen-bond acceptors (Lipinski definition) is 5. The quantitative estimate of drug-likeness (QED) is 0.801. The van der Waals surface area contributed by atoms with Crippen LogP contribution in [0.3, 0.4) is 0 Å². The van der Waals surface area contributed by atoms with Crippen LogP contribution in [-0.2, 0) is 0 Å². The minimum absolute atomic E-state index is 0.0381. The highest BCUT2D eigenvalue weighted by atomic mass is 79.9. The fourth-order valence-corrected chi connectivity index (χ4v) is 3.04. The van der Waals surface area contributed by atoms with Crippen molar-refractivity contribution in [3.63, 3.8) is 0 Å². The maximum atomic E-state index is 12.5. The van der Waals surface area contributed by atoms with Gasteiger partial charge in [0, 0.05) is 48.2 Å². The number of benzene rings is 1. The molecular formula is C17H18BrN3O3. The number of rotatable bonds is 4. The Hall–Kier alpha value is -2.15. The van der Waals surface area contributed by atoms with Gasteiger partial charge in [-0.1, -0.05) is 22.0 Å². The summed E-state index contributed by atoms with van der Waals surface area (Å²) in [6.07, 6.45) is 3.18. The Morgan fingerprint density at radius 1 is 1.29 bits per heavy atom. The first-order chi connectivity index (χ1) is 11.7. The van der Waals surface area contributed by atoms with Crippen molar-refractivity contribution in [2.45, 2.75) is 18.9 Å². The first-order valence-corrected chi connectivity index (χ1v) is 8.53. The van der Waals surface area contributed by atoms with Crippen molar-refractivity contribution in [2.24, 2.45) is 0 Å². The molecule has 126 valence electrons. The van der Waals surface area contributed by atoms with E-state index in [0.717, 1.165) is 17.3 Å². The highest BCUT2D eigenvalue weighted by Crippen LogP contribution is 2.20. The highest BCUT2D eigenvalue weighted by Gasteiger charge is 2.25. The zero-order valence-electron chi connectivity index (χ0n) is 13.3. The van der Waals surface area contributed by atoms with Gasteiger partial charge < -0.3 is 14.4 Å². The van der Waals surface area contributed by atoms with E-state index in [1.807, 2.05) is 29.2 Å². The number of amides is 1. The van der Waals surface area contributed by atoms with Gasteiger partial charge in [0.05, 0.1) is 7.11 Å². The van der Waals surface area contributed by atoms with E-state index in [0.29, 0.717) is 24.5 Å². The predicted octanol–water partition coefficient (Wildman–Crippen LogP) is 2.93. The fraction of sp³-hybridized carbons (Fsp3) is 0.353. The number of aromatic nitrogens is 2. The number of methoxy groups -OCH3 is 1. The molecule has 0 bridgehead atoms. The van der Waals surface area contributed by atoms with Crippen LogP contribution >= 0.6 is 15.9 Å². The Kier molecular flexibility index (Phi) is 5.30. The molecule has 0 unspecified atom stereocenters. The second-order valence-corrected chi connectivity index (χ2v) is 6.42. The minimum Gasteiger partial charge on any atom is -0.474 e. The van der Waals surface area contributed by atoms with Crippen LogP contribution < -0.4 is 9.47 Å². The maximum absolute atomic E-state index is 12.5. The molecule has 6 nitrogen and oxygen atoms in total. The molecule has 1 amide bonds. The van der Waals surface area contributed by atoms with E-state index in [4.69, 9.17) is 9.47 Å². The topological polar surface area (TPSA) is 64.6 Å². The Balaban J connectivity index is 1.56. The molecule has 1 aliphatic rings. The summed E-state index contributed by atoms with van der Waals surface area (Å²) in [4.78, 5) is 22.5. The van der Waals surface area contributed by atoms with E-state index in [9.17, 15) is 4.79 Å². The van der Waals surface area contributed by atoms with Gasteiger partial charge in [0.2, 0.25) is 5.88 Å². The summed E-state index contributed by atoms with van der Waals surface area (Å²) >= 11 is 3.40. The summed E-state index contributed by atoms with van der Waals surface area (Å²) in [7, 11) is 1.52. The molecule has 1 aromatic carbocycles. The lowest BCUT2D eigenvalue weighted by Crippen LogP contribution is -2.41. The van der Waals surface area contributed by atoms with Crippen LogP contribution in [0.15, 0.2) is 41.0 Å². The first kappa shape index (κ1) is 16.7. The molecule has 3 rings (SSSR count). The third-order valence-corrected chi connectivity index (χ3v) is 4.37. The van der Waals surface area contributed by atoms with Crippen LogP contribution in [-0.4, -0.2) is 47.1 Å². The van der Waals surface area contributed by atoms with Crippen molar-refractivity contribution in [2.75, 3.05) is 20.2 Å². The van der Waals surface area contributed by atoms with Crippen molar-refractivity contribution < 1.29 is 14.3 Å². The van der Waals surface area contributed by atoms with Crippen molar-refractivity contribution in [3.8, 4) is 11.9 Å². The van der Waals surface area contributed by atoms with Gasteiger partial charge >= 0.3 is 6.01 Å². The Labute approximate surface area is 148 Å². The van der Waals surface area contributed by atoms with Gasteiger partial charge in [-0.15, -0.1) is 0 Å². The number of piperidine rings is 1. The average molecular weight is 392 g/mol. The SMILES string of the molecule is COc1nccc(OC2CCN(C(=O)c3cccc(Br)c3)CC2)n1. The number of nitrogens with zero attached hydrogens (tertiary/aromatic N) is 3. The molecule has 2 aromatic rings. The zero-order chi connectivity index (χ0) is 16.9. The number of hydrogen-bond donors (Lipinski definition) is 0. The largest absolute Gasteiger partial charge is 0.474 e. The van der Waals surface area contributed by atoms with Crippen molar-refractivity contribution >= 4 is 21.8 Å². The summed E-state index contributed by atoms with van der Waals surface area (Å²) in [5.74, 6) is 0.553. The minimum atomic E-state index is 0.0381. The lowest BCUT2D eigenvalue weighted by Gasteiger charge is -2.32. The third kappa shape index (κ3) is 4.03. The molecule has 1 aromatic heterocycles. The molecule has 1 saturated heterocycles. The van der Waals surface area contributed by atoms with Crippen LogP contribution in [0.1, 0.15) is 23.2 Å². The third-order valence-electron chi connectivity index (χ3n) is 3.88. The van der Waals surface area contributed by atoms with Crippen molar-refractivity contribution in [3.05, 3.63) is 46.6 Å². The second-order valence-electron chi connectivity index (χ2n) is 5.50. The lowest BCUT2D eigenvalue weighted by molar-refractivity contribution is 0.0586.